The quantitative estimate of drug-likeness (QED) is 0.811. The van der Waals surface area contributed by atoms with Crippen molar-refractivity contribution >= 4 is 33.2 Å². The third-order valence-electron chi connectivity index (χ3n) is 3.60. The first kappa shape index (κ1) is 16.0. The van der Waals surface area contributed by atoms with E-state index in [1.165, 1.54) is 0 Å². The molecule has 0 heterocycles. The van der Waals surface area contributed by atoms with Gasteiger partial charge in [-0.25, -0.2) is 0 Å². The minimum absolute atomic E-state index is 0.0198. The molecular formula is C15H23BrN2O. The minimum atomic E-state index is 0.0198. The van der Waals surface area contributed by atoms with E-state index in [9.17, 15) is 4.79 Å². The van der Waals surface area contributed by atoms with Gasteiger partial charge in [0.2, 0.25) is 5.91 Å². The predicted octanol–water partition coefficient (Wildman–Crippen LogP) is 4.35. The van der Waals surface area contributed by atoms with Gasteiger partial charge in [0.1, 0.15) is 0 Å². The van der Waals surface area contributed by atoms with Crippen molar-refractivity contribution in [3.63, 3.8) is 0 Å². The Labute approximate surface area is 124 Å². The molecule has 0 radical (unpaired) electrons. The van der Waals surface area contributed by atoms with Crippen molar-refractivity contribution in [2.45, 2.75) is 41.0 Å². The van der Waals surface area contributed by atoms with Crippen molar-refractivity contribution in [1.82, 2.24) is 0 Å². The van der Waals surface area contributed by atoms with Crippen molar-refractivity contribution < 1.29 is 4.79 Å². The van der Waals surface area contributed by atoms with E-state index in [-0.39, 0.29) is 11.3 Å². The number of nitrogen functional groups attached to an aromatic ring is 1. The van der Waals surface area contributed by atoms with Gasteiger partial charge in [0, 0.05) is 16.6 Å². The van der Waals surface area contributed by atoms with Crippen LogP contribution in [-0.2, 0) is 4.79 Å². The van der Waals surface area contributed by atoms with Crippen LogP contribution in [0.4, 0.5) is 11.4 Å². The molecule has 19 heavy (non-hydrogen) atoms. The summed E-state index contributed by atoms with van der Waals surface area (Å²) in [5.74, 6) is 0.334. The average Bonchev–Trinajstić information content (AvgIpc) is 2.24. The molecule has 0 aliphatic rings. The first-order valence-corrected chi connectivity index (χ1v) is 7.26. The van der Waals surface area contributed by atoms with Crippen LogP contribution in [0.25, 0.3) is 0 Å². The van der Waals surface area contributed by atoms with Crippen LogP contribution in [0, 0.1) is 18.3 Å². The Bertz CT molecular complexity index is 478. The van der Waals surface area contributed by atoms with Gasteiger partial charge in [0.15, 0.2) is 0 Å². The number of aryl methyl sites for hydroxylation is 1. The first-order valence-electron chi connectivity index (χ1n) is 6.46. The average molecular weight is 327 g/mol. The van der Waals surface area contributed by atoms with E-state index in [2.05, 4.69) is 48.9 Å². The predicted molar refractivity (Wildman–Crippen MR) is 85.2 cm³/mol. The maximum Gasteiger partial charge on any atom is 0.224 e. The van der Waals surface area contributed by atoms with Gasteiger partial charge >= 0.3 is 0 Å². The number of hydrogen-bond acceptors (Lipinski definition) is 2. The molecule has 1 amide bonds. The molecule has 4 heteroatoms. The van der Waals surface area contributed by atoms with Gasteiger partial charge in [0.25, 0.3) is 0 Å². The number of halogens is 1. The van der Waals surface area contributed by atoms with Crippen molar-refractivity contribution in [3.05, 3.63) is 22.2 Å². The van der Waals surface area contributed by atoms with Gasteiger partial charge < -0.3 is 11.1 Å². The molecule has 106 valence electrons. The molecule has 3 nitrogen and oxygen atoms in total. The van der Waals surface area contributed by atoms with Crippen molar-refractivity contribution in [2.75, 3.05) is 11.1 Å². The van der Waals surface area contributed by atoms with Crippen LogP contribution in [0.2, 0.25) is 0 Å². The van der Waals surface area contributed by atoms with E-state index in [0.717, 1.165) is 15.7 Å². The van der Waals surface area contributed by atoms with Crippen LogP contribution >= 0.6 is 15.9 Å². The monoisotopic (exact) mass is 326 g/mol. The van der Waals surface area contributed by atoms with Crippen LogP contribution < -0.4 is 11.1 Å². The van der Waals surface area contributed by atoms with Gasteiger partial charge in [-0.15, -0.1) is 0 Å². The van der Waals surface area contributed by atoms with Crippen molar-refractivity contribution in [2.24, 2.45) is 11.3 Å². The van der Waals surface area contributed by atoms with E-state index in [4.69, 9.17) is 5.73 Å². The number of anilines is 2. The summed E-state index contributed by atoms with van der Waals surface area (Å²) in [6.07, 6.45) is 0.504. The van der Waals surface area contributed by atoms with Crippen molar-refractivity contribution in [1.29, 1.82) is 0 Å². The number of benzene rings is 1. The number of carbonyl (C=O) groups excluding carboxylic acids is 1. The van der Waals surface area contributed by atoms with Gasteiger partial charge in [-0.05, 0) is 51.9 Å². The first-order chi connectivity index (χ1) is 8.61. The summed E-state index contributed by atoms with van der Waals surface area (Å²) < 4.78 is 0.857. The van der Waals surface area contributed by atoms with Crippen LogP contribution in [0.3, 0.4) is 0 Å². The molecule has 0 aliphatic carbocycles. The Balaban J connectivity index is 2.76. The van der Waals surface area contributed by atoms with Crippen LogP contribution in [0.5, 0.6) is 0 Å². The van der Waals surface area contributed by atoms with Gasteiger partial charge in [-0.1, -0.05) is 27.7 Å². The highest BCUT2D eigenvalue weighted by Gasteiger charge is 2.22. The normalized spacial score (nSPS) is 13.2. The zero-order chi connectivity index (χ0) is 14.8. The lowest BCUT2D eigenvalue weighted by Crippen LogP contribution is -2.24. The highest BCUT2D eigenvalue weighted by atomic mass is 79.9. The minimum Gasteiger partial charge on any atom is -0.398 e. The third-order valence-corrected chi connectivity index (χ3v) is 4.26. The molecule has 1 rings (SSSR count). The van der Waals surface area contributed by atoms with E-state index < -0.39 is 0 Å². The number of hydrogen-bond donors (Lipinski definition) is 2. The second-order valence-electron chi connectivity index (χ2n) is 6.21. The summed E-state index contributed by atoms with van der Waals surface area (Å²) in [6, 6.07) is 3.71. The third kappa shape index (κ3) is 4.53. The lowest BCUT2D eigenvalue weighted by molar-refractivity contribution is -0.117. The Morgan fingerprint density at radius 1 is 1.42 bits per heavy atom. The maximum absolute atomic E-state index is 12.0. The zero-order valence-electron chi connectivity index (χ0n) is 12.3. The smallest absolute Gasteiger partial charge is 0.224 e. The lowest BCUT2D eigenvalue weighted by Gasteiger charge is -2.26. The number of nitrogens with one attached hydrogen (secondary N) is 1. The van der Waals surface area contributed by atoms with E-state index >= 15 is 0 Å². The maximum atomic E-state index is 12.0. The number of rotatable bonds is 3. The fraction of sp³-hybridized carbons (Fsp3) is 0.533. The Morgan fingerprint density at radius 3 is 2.53 bits per heavy atom. The summed E-state index contributed by atoms with van der Waals surface area (Å²) in [5, 5.41) is 2.92. The summed E-state index contributed by atoms with van der Waals surface area (Å²) in [5.41, 5.74) is 8.40. The Morgan fingerprint density at radius 2 is 2.00 bits per heavy atom. The molecule has 0 aromatic heterocycles. The van der Waals surface area contributed by atoms with Gasteiger partial charge in [-0.2, -0.15) is 0 Å². The summed E-state index contributed by atoms with van der Waals surface area (Å²) in [4.78, 5) is 12.0. The molecule has 1 aromatic rings. The molecule has 0 saturated heterocycles. The second-order valence-corrected chi connectivity index (χ2v) is 7.06. The molecule has 1 aromatic carbocycles. The van der Waals surface area contributed by atoms with Crippen LogP contribution in [0.1, 0.15) is 39.7 Å². The van der Waals surface area contributed by atoms with Crippen LogP contribution in [0.15, 0.2) is 16.6 Å². The SMILES string of the molecule is Cc1cc(Br)c(NC(=O)CC(C)C(C)(C)C)cc1N. The molecule has 1 atom stereocenters. The molecule has 3 N–H and O–H groups in total. The summed E-state index contributed by atoms with van der Waals surface area (Å²) in [6.45, 7) is 10.5. The molecule has 0 fully saturated rings. The van der Waals surface area contributed by atoms with Gasteiger partial charge in [0.05, 0.1) is 5.69 Å². The Hall–Kier alpha value is -1.03. The number of carbonyl (C=O) groups is 1. The second kappa shape index (κ2) is 5.95. The summed E-state index contributed by atoms with van der Waals surface area (Å²) >= 11 is 3.45. The molecule has 0 spiro atoms. The topological polar surface area (TPSA) is 55.1 Å². The molecule has 0 aliphatic heterocycles. The van der Waals surface area contributed by atoms with E-state index in [0.29, 0.717) is 18.0 Å². The molecule has 0 saturated carbocycles. The highest BCUT2D eigenvalue weighted by molar-refractivity contribution is 9.10. The van der Waals surface area contributed by atoms with Crippen molar-refractivity contribution in [3.8, 4) is 0 Å². The Kier molecular flexibility index (Phi) is 5.02. The molecular weight excluding hydrogens is 304 g/mol. The van der Waals surface area contributed by atoms with Gasteiger partial charge in [-0.3, -0.25) is 4.79 Å². The fourth-order valence-corrected chi connectivity index (χ4v) is 2.13. The van der Waals surface area contributed by atoms with E-state index in [1.54, 1.807) is 6.07 Å². The molecule has 0 bridgehead atoms. The standard InChI is InChI=1S/C15H23BrN2O/c1-9-6-11(16)13(8-12(9)17)18-14(19)7-10(2)15(3,4)5/h6,8,10H,7,17H2,1-5H3,(H,18,19). The van der Waals surface area contributed by atoms with Crippen LogP contribution in [-0.4, -0.2) is 5.91 Å². The lowest BCUT2D eigenvalue weighted by atomic mass is 9.80. The summed E-state index contributed by atoms with van der Waals surface area (Å²) in [7, 11) is 0. The van der Waals surface area contributed by atoms with E-state index in [1.807, 2.05) is 13.0 Å². The zero-order valence-corrected chi connectivity index (χ0v) is 13.9. The highest BCUT2D eigenvalue weighted by Crippen LogP contribution is 2.30. The molecule has 1 unspecified atom stereocenters. The number of amides is 1. The fourth-order valence-electron chi connectivity index (χ4n) is 1.57. The number of nitrogens with two attached hydrogens (primary N) is 1. The largest absolute Gasteiger partial charge is 0.398 e.